The van der Waals surface area contributed by atoms with Crippen molar-refractivity contribution in [2.45, 2.75) is 12.5 Å². The topological polar surface area (TPSA) is 78.0 Å². The van der Waals surface area contributed by atoms with Crippen LogP contribution in [0, 0.1) is 0 Å². The zero-order valence-corrected chi connectivity index (χ0v) is 9.19. The maximum absolute atomic E-state index is 10.6. The fourth-order valence-corrected chi connectivity index (χ4v) is 0.929. The van der Waals surface area contributed by atoms with E-state index in [0.29, 0.717) is 6.42 Å². The summed E-state index contributed by atoms with van der Waals surface area (Å²) in [5.41, 5.74) is 0.816. The molecule has 0 aliphatic carbocycles. The molecule has 3 N–H and O–H groups in total. The van der Waals surface area contributed by atoms with Crippen molar-refractivity contribution in [1.29, 1.82) is 0 Å². The highest BCUT2D eigenvalue weighted by Gasteiger charge is 2.15. The number of likely N-dealkylation sites (N-methyl/N-ethyl adjacent to an activating group) is 1. The number of H-pyrrole nitrogens is 1. The highest BCUT2D eigenvalue weighted by atomic mass is 35.5. The predicted molar refractivity (Wildman–Crippen MR) is 57.3 cm³/mol. The van der Waals surface area contributed by atoms with Crippen LogP contribution in [0.5, 0.6) is 0 Å². The van der Waals surface area contributed by atoms with Crippen molar-refractivity contribution in [3.63, 3.8) is 0 Å². The normalized spacial score (nSPS) is 10.9. The van der Waals surface area contributed by atoms with Crippen molar-refractivity contribution >= 4 is 30.8 Å². The van der Waals surface area contributed by atoms with Gasteiger partial charge in [-0.15, -0.1) is 24.8 Å². The lowest BCUT2D eigenvalue weighted by atomic mass is 10.2. The highest BCUT2D eigenvalue weighted by molar-refractivity contribution is 5.85. The molecular weight excluding hydrogens is 229 g/mol. The molecule has 0 fully saturated rings. The van der Waals surface area contributed by atoms with Gasteiger partial charge in [-0.25, -0.2) is 4.98 Å². The minimum atomic E-state index is -0.855. The maximum atomic E-state index is 10.6. The van der Waals surface area contributed by atoms with Gasteiger partial charge in [-0.05, 0) is 7.05 Å². The van der Waals surface area contributed by atoms with Crippen LogP contribution in [0.15, 0.2) is 12.5 Å². The molecule has 0 radical (unpaired) electrons. The monoisotopic (exact) mass is 241 g/mol. The molecular formula is C7H13Cl2N3O2. The largest absolute Gasteiger partial charge is 0.480 e. The van der Waals surface area contributed by atoms with Crippen LogP contribution in [0.3, 0.4) is 0 Å². The number of hydrogen-bond acceptors (Lipinski definition) is 3. The Labute approximate surface area is 94.1 Å². The molecule has 1 aromatic heterocycles. The third-order valence-corrected chi connectivity index (χ3v) is 1.63. The zero-order valence-electron chi connectivity index (χ0n) is 7.56. The third-order valence-electron chi connectivity index (χ3n) is 1.63. The van der Waals surface area contributed by atoms with Gasteiger partial charge in [-0.3, -0.25) is 4.79 Å². The first-order valence-corrected chi connectivity index (χ1v) is 3.61. The summed E-state index contributed by atoms with van der Waals surface area (Å²) in [6.07, 6.45) is 3.57. The number of halogens is 2. The number of aliphatic carboxylic acids is 1. The lowest BCUT2D eigenvalue weighted by Gasteiger charge is -2.08. The first kappa shape index (κ1) is 15.7. The van der Waals surface area contributed by atoms with Crippen molar-refractivity contribution in [3.05, 3.63) is 18.2 Å². The van der Waals surface area contributed by atoms with Crippen LogP contribution in [-0.2, 0) is 11.2 Å². The van der Waals surface area contributed by atoms with Crippen molar-refractivity contribution < 1.29 is 9.90 Å². The first-order chi connectivity index (χ1) is 5.74. The summed E-state index contributed by atoms with van der Waals surface area (Å²) in [5.74, 6) is -0.855. The molecule has 1 aromatic rings. The number of carboxylic acid groups (broad SMARTS) is 1. The van der Waals surface area contributed by atoms with Gasteiger partial charge in [0.1, 0.15) is 6.04 Å². The van der Waals surface area contributed by atoms with E-state index in [-0.39, 0.29) is 24.8 Å². The summed E-state index contributed by atoms with van der Waals surface area (Å²) in [7, 11) is 1.62. The number of hydrogen-bond donors (Lipinski definition) is 3. The Morgan fingerprint density at radius 2 is 2.36 bits per heavy atom. The number of imidazole rings is 1. The van der Waals surface area contributed by atoms with E-state index >= 15 is 0 Å². The van der Waals surface area contributed by atoms with Gasteiger partial charge in [0.15, 0.2) is 0 Å². The molecule has 7 heteroatoms. The standard InChI is InChI=1S/C7H11N3O2.2ClH/c1-8-6(7(11)12)2-5-3-9-4-10-5;;/h3-4,6,8H,2H2,1H3,(H,9,10)(H,11,12);2*1H. The van der Waals surface area contributed by atoms with Crippen molar-refractivity contribution in [2.75, 3.05) is 7.05 Å². The van der Waals surface area contributed by atoms with Gasteiger partial charge in [0.25, 0.3) is 0 Å². The lowest BCUT2D eigenvalue weighted by Crippen LogP contribution is -2.35. The molecule has 0 aliphatic rings. The van der Waals surface area contributed by atoms with Crippen LogP contribution in [0.4, 0.5) is 0 Å². The van der Waals surface area contributed by atoms with Gasteiger partial charge in [0.05, 0.1) is 6.33 Å². The Balaban J connectivity index is 0. The van der Waals surface area contributed by atoms with E-state index < -0.39 is 12.0 Å². The molecule has 0 aliphatic heterocycles. The Bertz CT molecular complexity index is 253. The van der Waals surface area contributed by atoms with Gasteiger partial charge in [-0.1, -0.05) is 0 Å². The average molecular weight is 242 g/mol. The summed E-state index contributed by atoms with van der Waals surface area (Å²) in [4.78, 5) is 17.2. The Morgan fingerprint density at radius 3 is 2.71 bits per heavy atom. The van der Waals surface area contributed by atoms with Crippen LogP contribution in [-0.4, -0.2) is 34.1 Å². The summed E-state index contributed by atoms with van der Waals surface area (Å²) in [6, 6.07) is -0.551. The van der Waals surface area contributed by atoms with Crippen molar-refractivity contribution in [3.8, 4) is 0 Å². The molecule has 1 unspecified atom stereocenters. The minimum Gasteiger partial charge on any atom is -0.480 e. The van der Waals surface area contributed by atoms with Gasteiger partial charge in [-0.2, -0.15) is 0 Å². The number of nitrogens with one attached hydrogen (secondary N) is 2. The molecule has 0 saturated heterocycles. The average Bonchev–Trinajstić information content (AvgIpc) is 2.51. The fourth-order valence-electron chi connectivity index (χ4n) is 0.929. The summed E-state index contributed by atoms with van der Waals surface area (Å²) < 4.78 is 0. The fraction of sp³-hybridized carbons (Fsp3) is 0.429. The van der Waals surface area contributed by atoms with E-state index in [1.807, 2.05) is 0 Å². The molecule has 0 amide bonds. The summed E-state index contributed by atoms with van der Waals surface area (Å²) in [5, 5.41) is 11.4. The van der Waals surface area contributed by atoms with Gasteiger partial charge in [0, 0.05) is 18.3 Å². The van der Waals surface area contributed by atoms with Crippen molar-refractivity contribution in [2.24, 2.45) is 0 Å². The highest BCUT2D eigenvalue weighted by Crippen LogP contribution is 1.97. The summed E-state index contributed by atoms with van der Waals surface area (Å²) >= 11 is 0. The second kappa shape index (κ2) is 7.61. The predicted octanol–water partition coefficient (Wildman–Crippen LogP) is 0.468. The van der Waals surface area contributed by atoms with E-state index in [1.165, 1.54) is 6.33 Å². The Morgan fingerprint density at radius 1 is 1.71 bits per heavy atom. The molecule has 82 valence electrons. The van der Waals surface area contributed by atoms with E-state index in [0.717, 1.165) is 5.69 Å². The molecule has 0 spiro atoms. The third kappa shape index (κ3) is 4.45. The molecule has 1 atom stereocenters. The van der Waals surface area contributed by atoms with E-state index in [1.54, 1.807) is 13.2 Å². The quantitative estimate of drug-likeness (QED) is 0.717. The van der Waals surface area contributed by atoms with Crippen molar-refractivity contribution in [1.82, 2.24) is 15.3 Å². The van der Waals surface area contributed by atoms with Crippen LogP contribution < -0.4 is 5.32 Å². The number of rotatable bonds is 4. The number of carboxylic acids is 1. The molecule has 5 nitrogen and oxygen atoms in total. The van der Waals surface area contributed by atoms with Crippen LogP contribution >= 0.6 is 24.8 Å². The number of nitrogens with zero attached hydrogens (tertiary/aromatic N) is 1. The van der Waals surface area contributed by atoms with E-state index in [9.17, 15) is 4.79 Å². The number of aromatic amines is 1. The van der Waals surface area contributed by atoms with Gasteiger partial charge < -0.3 is 15.4 Å². The van der Waals surface area contributed by atoms with E-state index in [4.69, 9.17) is 5.11 Å². The Hall–Kier alpha value is -0.780. The zero-order chi connectivity index (χ0) is 8.97. The van der Waals surface area contributed by atoms with Crippen LogP contribution in [0.25, 0.3) is 0 Å². The van der Waals surface area contributed by atoms with E-state index in [2.05, 4.69) is 15.3 Å². The molecule has 0 bridgehead atoms. The molecule has 0 saturated carbocycles. The van der Waals surface area contributed by atoms with Gasteiger partial charge >= 0.3 is 5.97 Å². The first-order valence-electron chi connectivity index (χ1n) is 3.61. The molecule has 1 rings (SSSR count). The molecule has 1 heterocycles. The van der Waals surface area contributed by atoms with Gasteiger partial charge in [0.2, 0.25) is 0 Å². The second-order valence-electron chi connectivity index (χ2n) is 2.46. The summed E-state index contributed by atoms with van der Waals surface area (Å²) in [6.45, 7) is 0. The Kier molecular flexibility index (Phi) is 8.52. The molecule has 0 aromatic carbocycles. The SMILES string of the molecule is CNC(Cc1cnc[nH]1)C(=O)O.Cl.Cl. The van der Waals surface area contributed by atoms with Crippen LogP contribution in [0.2, 0.25) is 0 Å². The number of carbonyl (C=O) groups is 1. The second-order valence-corrected chi connectivity index (χ2v) is 2.46. The maximum Gasteiger partial charge on any atom is 0.321 e. The lowest BCUT2D eigenvalue weighted by molar-refractivity contribution is -0.139. The minimum absolute atomic E-state index is 0. The smallest absolute Gasteiger partial charge is 0.321 e. The molecule has 14 heavy (non-hydrogen) atoms. The van der Waals surface area contributed by atoms with Crippen LogP contribution in [0.1, 0.15) is 5.69 Å². The number of aromatic nitrogens is 2.